The fourth-order valence-corrected chi connectivity index (χ4v) is 2.94. The Bertz CT molecular complexity index is 394. The Labute approximate surface area is 118 Å². The van der Waals surface area contributed by atoms with Gasteiger partial charge in [0.15, 0.2) is 0 Å². The monoisotopic (exact) mass is 288 g/mol. The Morgan fingerprint density at radius 2 is 1.89 bits per heavy atom. The average Bonchev–Trinajstić information content (AvgIpc) is 2.30. The van der Waals surface area contributed by atoms with Crippen LogP contribution >= 0.6 is 23.2 Å². The lowest BCUT2D eigenvalue weighted by Crippen LogP contribution is -2.52. The molecule has 1 aromatic carbocycles. The van der Waals surface area contributed by atoms with E-state index in [9.17, 15) is 5.11 Å². The lowest BCUT2D eigenvalue weighted by molar-refractivity contribution is 0.0458. The van der Waals surface area contributed by atoms with E-state index in [1.165, 1.54) is 0 Å². The molecule has 0 spiro atoms. The molecule has 1 N–H and O–H groups in total. The third-order valence-electron chi connectivity index (χ3n) is 3.33. The average molecular weight is 289 g/mol. The number of aliphatic hydroxyl groups excluding tert-OH is 1. The van der Waals surface area contributed by atoms with Crippen molar-refractivity contribution in [3.8, 4) is 0 Å². The van der Waals surface area contributed by atoms with E-state index in [0.717, 1.165) is 31.7 Å². The number of benzene rings is 1. The molecule has 0 amide bonds. The van der Waals surface area contributed by atoms with Crippen LogP contribution in [0.15, 0.2) is 18.2 Å². The van der Waals surface area contributed by atoms with Gasteiger partial charge in [-0.1, -0.05) is 23.2 Å². The third kappa shape index (κ3) is 3.59. The molecule has 1 saturated heterocycles. The van der Waals surface area contributed by atoms with Crippen LogP contribution < -0.4 is 0 Å². The van der Waals surface area contributed by atoms with Crippen molar-refractivity contribution in [2.45, 2.75) is 12.6 Å². The van der Waals surface area contributed by atoms with Crippen molar-refractivity contribution < 1.29 is 5.11 Å². The van der Waals surface area contributed by atoms with Gasteiger partial charge in [0.1, 0.15) is 0 Å². The Hall–Kier alpha value is -0.320. The van der Waals surface area contributed by atoms with Gasteiger partial charge >= 0.3 is 0 Å². The molecule has 1 aromatic rings. The quantitative estimate of drug-likeness (QED) is 0.923. The predicted molar refractivity (Wildman–Crippen MR) is 75.2 cm³/mol. The first kappa shape index (κ1) is 14.1. The van der Waals surface area contributed by atoms with Crippen LogP contribution in [0.1, 0.15) is 5.56 Å². The van der Waals surface area contributed by atoms with E-state index >= 15 is 0 Å². The summed E-state index contributed by atoms with van der Waals surface area (Å²) in [6.45, 7) is 3.82. The fourth-order valence-electron chi connectivity index (χ4n) is 2.37. The second kappa shape index (κ2) is 6.22. The number of rotatable bonds is 3. The summed E-state index contributed by atoms with van der Waals surface area (Å²) in [5, 5.41) is 10.8. The minimum atomic E-state index is 0.179. The number of halogens is 2. The molecular formula is C13H18Cl2N2O. The number of hydrogen-bond acceptors (Lipinski definition) is 3. The smallest absolute Gasteiger partial charge is 0.0599 e. The van der Waals surface area contributed by atoms with Crippen LogP contribution in [0.2, 0.25) is 10.0 Å². The highest BCUT2D eigenvalue weighted by molar-refractivity contribution is 6.34. The molecule has 18 heavy (non-hydrogen) atoms. The molecule has 5 heteroatoms. The highest BCUT2D eigenvalue weighted by Crippen LogP contribution is 2.21. The maximum Gasteiger partial charge on any atom is 0.0599 e. The van der Waals surface area contributed by atoms with Gasteiger partial charge in [-0.25, -0.2) is 0 Å². The van der Waals surface area contributed by atoms with E-state index in [-0.39, 0.29) is 12.6 Å². The maximum atomic E-state index is 9.45. The highest BCUT2D eigenvalue weighted by Gasteiger charge is 2.24. The molecule has 3 nitrogen and oxygen atoms in total. The highest BCUT2D eigenvalue weighted by atomic mass is 35.5. The van der Waals surface area contributed by atoms with Gasteiger partial charge < -0.3 is 10.0 Å². The summed E-state index contributed by atoms with van der Waals surface area (Å²) in [4.78, 5) is 4.52. The van der Waals surface area contributed by atoms with E-state index in [1.807, 2.05) is 12.1 Å². The van der Waals surface area contributed by atoms with Crippen LogP contribution in [0.25, 0.3) is 0 Å². The molecule has 0 aromatic heterocycles. The standard InChI is InChI=1S/C13H18Cl2N2O/c1-16-2-3-17(13(8-16)9-18)7-10-4-11(14)6-12(15)5-10/h4-6,13,18H,2-3,7-9H2,1H3. The van der Waals surface area contributed by atoms with Gasteiger partial charge in [0.2, 0.25) is 0 Å². The van der Waals surface area contributed by atoms with Crippen molar-refractivity contribution in [1.29, 1.82) is 0 Å². The number of hydrogen-bond donors (Lipinski definition) is 1. The van der Waals surface area contributed by atoms with Gasteiger partial charge in [-0.15, -0.1) is 0 Å². The summed E-state index contributed by atoms with van der Waals surface area (Å²) >= 11 is 12.0. The Morgan fingerprint density at radius 3 is 2.50 bits per heavy atom. The van der Waals surface area contributed by atoms with Crippen LogP contribution in [-0.4, -0.2) is 54.2 Å². The van der Waals surface area contributed by atoms with Gasteiger partial charge in [0.25, 0.3) is 0 Å². The normalized spacial score (nSPS) is 22.3. The second-order valence-electron chi connectivity index (χ2n) is 4.85. The third-order valence-corrected chi connectivity index (χ3v) is 3.76. The molecule has 100 valence electrons. The van der Waals surface area contributed by atoms with Crippen molar-refractivity contribution in [3.63, 3.8) is 0 Å². The van der Waals surface area contributed by atoms with Crippen LogP contribution in [-0.2, 0) is 6.54 Å². The van der Waals surface area contributed by atoms with E-state index in [2.05, 4.69) is 16.8 Å². The van der Waals surface area contributed by atoms with E-state index in [4.69, 9.17) is 23.2 Å². The first-order valence-corrected chi connectivity index (χ1v) is 6.82. The molecule has 2 rings (SSSR count). The van der Waals surface area contributed by atoms with Crippen molar-refractivity contribution >= 4 is 23.2 Å². The van der Waals surface area contributed by atoms with Crippen LogP contribution in [0, 0.1) is 0 Å². The number of piperazine rings is 1. The van der Waals surface area contributed by atoms with Crippen molar-refractivity contribution in [2.75, 3.05) is 33.3 Å². The SMILES string of the molecule is CN1CCN(Cc2cc(Cl)cc(Cl)c2)C(CO)C1. The summed E-state index contributed by atoms with van der Waals surface area (Å²) in [5.74, 6) is 0. The van der Waals surface area contributed by atoms with Crippen molar-refractivity contribution in [3.05, 3.63) is 33.8 Å². The minimum Gasteiger partial charge on any atom is -0.395 e. The molecule has 0 aliphatic carbocycles. The molecule has 1 aliphatic rings. The predicted octanol–water partition coefficient (Wildman–Crippen LogP) is 2.10. The maximum absolute atomic E-state index is 9.45. The molecule has 1 heterocycles. The minimum absolute atomic E-state index is 0.179. The number of nitrogens with zero attached hydrogens (tertiary/aromatic N) is 2. The Balaban J connectivity index is 2.07. The second-order valence-corrected chi connectivity index (χ2v) is 5.72. The summed E-state index contributed by atoms with van der Waals surface area (Å²) in [5.41, 5.74) is 1.09. The van der Waals surface area contributed by atoms with E-state index < -0.39 is 0 Å². The molecular weight excluding hydrogens is 271 g/mol. The number of aliphatic hydroxyl groups is 1. The summed E-state index contributed by atoms with van der Waals surface area (Å²) in [7, 11) is 2.08. The van der Waals surface area contributed by atoms with Gasteiger partial charge in [0.05, 0.1) is 6.61 Å². The molecule has 0 radical (unpaired) electrons. The Kier molecular flexibility index (Phi) is 4.87. The van der Waals surface area contributed by atoms with Gasteiger partial charge in [-0.3, -0.25) is 4.90 Å². The molecule has 1 atom stereocenters. The van der Waals surface area contributed by atoms with Gasteiger partial charge in [-0.05, 0) is 30.8 Å². The van der Waals surface area contributed by atoms with E-state index in [1.54, 1.807) is 6.07 Å². The zero-order chi connectivity index (χ0) is 13.1. The van der Waals surface area contributed by atoms with Crippen molar-refractivity contribution in [1.82, 2.24) is 9.80 Å². The summed E-state index contributed by atoms with van der Waals surface area (Å²) < 4.78 is 0. The molecule has 1 fully saturated rings. The summed E-state index contributed by atoms with van der Waals surface area (Å²) in [6.07, 6.45) is 0. The fraction of sp³-hybridized carbons (Fsp3) is 0.538. The zero-order valence-corrected chi connectivity index (χ0v) is 12.0. The number of likely N-dealkylation sites (N-methyl/N-ethyl adjacent to an activating group) is 1. The lowest BCUT2D eigenvalue weighted by Gasteiger charge is -2.39. The van der Waals surface area contributed by atoms with Crippen LogP contribution in [0.4, 0.5) is 0 Å². The van der Waals surface area contributed by atoms with Crippen molar-refractivity contribution in [2.24, 2.45) is 0 Å². The van der Waals surface area contributed by atoms with Gasteiger partial charge in [-0.2, -0.15) is 0 Å². The molecule has 0 saturated carbocycles. The first-order chi connectivity index (χ1) is 8.58. The van der Waals surface area contributed by atoms with Crippen LogP contribution in [0.3, 0.4) is 0 Å². The van der Waals surface area contributed by atoms with Crippen LogP contribution in [0.5, 0.6) is 0 Å². The Morgan fingerprint density at radius 1 is 1.22 bits per heavy atom. The summed E-state index contributed by atoms with van der Waals surface area (Å²) in [6, 6.07) is 5.78. The molecule has 1 aliphatic heterocycles. The lowest BCUT2D eigenvalue weighted by atomic mass is 10.1. The topological polar surface area (TPSA) is 26.7 Å². The first-order valence-electron chi connectivity index (χ1n) is 6.07. The van der Waals surface area contributed by atoms with E-state index in [0.29, 0.717) is 10.0 Å². The zero-order valence-electron chi connectivity index (χ0n) is 10.4. The molecule has 1 unspecified atom stereocenters. The molecule has 0 bridgehead atoms. The largest absolute Gasteiger partial charge is 0.395 e. The van der Waals surface area contributed by atoms with Gasteiger partial charge in [0, 0.05) is 42.3 Å².